The van der Waals surface area contributed by atoms with Crippen LogP contribution in [0.2, 0.25) is 0 Å². The van der Waals surface area contributed by atoms with Gasteiger partial charge in [0.05, 0.1) is 11.9 Å². The molecule has 0 aromatic carbocycles. The van der Waals surface area contributed by atoms with Gasteiger partial charge in [0.1, 0.15) is 0 Å². The maximum atomic E-state index is 5.44. The first-order chi connectivity index (χ1) is 8.75. The third-order valence-electron chi connectivity index (χ3n) is 4.14. The van der Waals surface area contributed by atoms with Gasteiger partial charge in [0, 0.05) is 19.3 Å². The Labute approximate surface area is 109 Å². The minimum atomic E-state index is 0.488. The number of anilines is 1. The molecule has 1 unspecified atom stereocenters. The molecule has 0 radical (unpaired) electrons. The molecule has 1 N–H and O–H groups in total. The van der Waals surface area contributed by atoms with Crippen molar-refractivity contribution in [1.29, 1.82) is 0 Å². The fourth-order valence-corrected chi connectivity index (χ4v) is 3.78. The predicted octanol–water partition coefficient (Wildman–Crippen LogP) is 2.08. The molecule has 2 aromatic rings. The van der Waals surface area contributed by atoms with E-state index in [4.69, 9.17) is 4.74 Å². The molecule has 0 bridgehead atoms. The van der Waals surface area contributed by atoms with Gasteiger partial charge in [-0.15, -0.1) is 5.10 Å². The molecule has 2 aliphatic rings. The summed E-state index contributed by atoms with van der Waals surface area (Å²) in [7, 11) is 0. The Bertz CT molecular complexity index is 552. The molecule has 0 amide bonds. The van der Waals surface area contributed by atoms with Crippen molar-refractivity contribution in [2.45, 2.75) is 32.2 Å². The van der Waals surface area contributed by atoms with Crippen LogP contribution in [-0.4, -0.2) is 33.9 Å². The summed E-state index contributed by atoms with van der Waals surface area (Å²) in [5.74, 6) is 0. The number of nitrogens with one attached hydrogen (secondary N) is 1. The molecule has 96 valence electrons. The van der Waals surface area contributed by atoms with Gasteiger partial charge in [-0.1, -0.05) is 11.3 Å². The summed E-state index contributed by atoms with van der Waals surface area (Å²) in [6.07, 6.45) is 5.60. The van der Waals surface area contributed by atoms with Gasteiger partial charge in [-0.2, -0.15) is 0 Å². The second-order valence-corrected chi connectivity index (χ2v) is 6.35. The third kappa shape index (κ3) is 1.63. The Morgan fingerprint density at radius 2 is 2.33 bits per heavy atom. The van der Waals surface area contributed by atoms with Crippen LogP contribution < -0.4 is 5.32 Å². The number of fused-ring (bicyclic) bond motifs is 1. The molecule has 2 fully saturated rings. The molecule has 1 atom stereocenters. The minimum absolute atomic E-state index is 0.488. The van der Waals surface area contributed by atoms with Crippen LogP contribution in [0, 0.1) is 12.3 Å². The normalized spacial score (nSPS) is 25.7. The maximum absolute atomic E-state index is 5.44. The van der Waals surface area contributed by atoms with Crippen molar-refractivity contribution >= 4 is 21.4 Å². The van der Waals surface area contributed by atoms with Crippen molar-refractivity contribution in [2.75, 3.05) is 18.5 Å². The lowest BCUT2D eigenvalue weighted by atomic mass is 9.96. The van der Waals surface area contributed by atoms with Gasteiger partial charge in [-0.3, -0.25) is 0 Å². The quantitative estimate of drug-likeness (QED) is 0.902. The van der Waals surface area contributed by atoms with E-state index in [2.05, 4.69) is 15.4 Å². The highest BCUT2D eigenvalue weighted by Crippen LogP contribution is 2.54. The van der Waals surface area contributed by atoms with Crippen LogP contribution in [0.5, 0.6) is 0 Å². The van der Waals surface area contributed by atoms with E-state index in [1.165, 1.54) is 19.3 Å². The maximum Gasteiger partial charge on any atom is 0.214 e. The van der Waals surface area contributed by atoms with Gasteiger partial charge in [-0.05, 0) is 31.6 Å². The van der Waals surface area contributed by atoms with Crippen LogP contribution in [0.15, 0.2) is 6.20 Å². The van der Waals surface area contributed by atoms with Crippen LogP contribution >= 0.6 is 11.3 Å². The summed E-state index contributed by atoms with van der Waals surface area (Å²) in [6.45, 7) is 3.82. The third-order valence-corrected chi connectivity index (χ3v) is 4.99. The molecule has 3 heterocycles. The summed E-state index contributed by atoms with van der Waals surface area (Å²) < 4.78 is 7.30. The van der Waals surface area contributed by atoms with E-state index in [-0.39, 0.29) is 0 Å². The van der Waals surface area contributed by atoms with E-state index >= 15 is 0 Å². The fourth-order valence-electron chi connectivity index (χ4n) is 2.90. The molecule has 4 rings (SSSR count). The minimum Gasteiger partial charge on any atom is -0.381 e. The molecular weight excluding hydrogens is 248 g/mol. The highest BCUT2D eigenvalue weighted by Gasteiger charge is 2.54. The summed E-state index contributed by atoms with van der Waals surface area (Å²) in [4.78, 5) is 5.39. The molecule has 6 heteroatoms. The number of aryl methyl sites for hydroxylation is 1. The van der Waals surface area contributed by atoms with Gasteiger partial charge in [0.15, 0.2) is 0 Å². The zero-order chi connectivity index (χ0) is 12.2. The van der Waals surface area contributed by atoms with Gasteiger partial charge in [-0.25, -0.2) is 9.50 Å². The van der Waals surface area contributed by atoms with Crippen molar-refractivity contribution in [3.8, 4) is 0 Å². The van der Waals surface area contributed by atoms with Gasteiger partial charge in [0.2, 0.25) is 10.1 Å². The number of hydrogen-bond acceptors (Lipinski definition) is 5. The second kappa shape index (κ2) is 3.68. The first-order valence-corrected chi connectivity index (χ1v) is 7.24. The first kappa shape index (κ1) is 10.8. The number of ether oxygens (including phenoxy) is 1. The lowest BCUT2D eigenvalue weighted by Gasteiger charge is -2.22. The zero-order valence-electron chi connectivity index (χ0n) is 10.3. The summed E-state index contributed by atoms with van der Waals surface area (Å²) >= 11 is 1.63. The van der Waals surface area contributed by atoms with Crippen molar-refractivity contribution in [3.05, 3.63) is 11.9 Å². The Balaban J connectivity index is 1.50. The van der Waals surface area contributed by atoms with E-state index in [1.54, 1.807) is 11.3 Å². The number of aromatic nitrogens is 3. The van der Waals surface area contributed by atoms with Crippen LogP contribution in [-0.2, 0) is 4.74 Å². The van der Waals surface area contributed by atoms with E-state index in [9.17, 15) is 0 Å². The van der Waals surface area contributed by atoms with Crippen LogP contribution in [0.25, 0.3) is 4.96 Å². The van der Waals surface area contributed by atoms with Crippen molar-refractivity contribution in [2.24, 2.45) is 5.41 Å². The van der Waals surface area contributed by atoms with Gasteiger partial charge in [0.25, 0.3) is 0 Å². The number of nitrogens with zero attached hydrogens (tertiary/aromatic N) is 3. The van der Waals surface area contributed by atoms with Crippen molar-refractivity contribution in [1.82, 2.24) is 14.6 Å². The van der Waals surface area contributed by atoms with Crippen LogP contribution in [0.3, 0.4) is 0 Å². The molecule has 18 heavy (non-hydrogen) atoms. The lowest BCUT2D eigenvalue weighted by Crippen LogP contribution is -2.23. The molecule has 2 aromatic heterocycles. The molecular formula is C12H16N4OS. The second-order valence-electron chi connectivity index (χ2n) is 5.39. The Morgan fingerprint density at radius 1 is 1.50 bits per heavy atom. The van der Waals surface area contributed by atoms with E-state index in [0.29, 0.717) is 11.5 Å². The summed E-state index contributed by atoms with van der Waals surface area (Å²) in [5, 5.41) is 9.08. The van der Waals surface area contributed by atoms with Crippen LogP contribution in [0.1, 0.15) is 25.0 Å². The molecule has 1 aliphatic heterocycles. The molecule has 1 saturated heterocycles. The van der Waals surface area contributed by atoms with Gasteiger partial charge >= 0.3 is 0 Å². The highest BCUT2D eigenvalue weighted by molar-refractivity contribution is 7.20. The molecule has 1 aliphatic carbocycles. The topological polar surface area (TPSA) is 51.5 Å². The fraction of sp³-hybridized carbons (Fsp3) is 0.667. The summed E-state index contributed by atoms with van der Waals surface area (Å²) in [5.41, 5.74) is 1.51. The number of rotatable bonds is 2. The Hall–Kier alpha value is -1.14. The lowest BCUT2D eigenvalue weighted by molar-refractivity contribution is 0.0567. The van der Waals surface area contributed by atoms with Crippen molar-refractivity contribution in [3.63, 3.8) is 0 Å². The predicted molar refractivity (Wildman–Crippen MR) is 70.1 cm³/mol. The first-order valence-electron chi connectivity index (χ1n) is 6.42. The van der Waals surface area contributed by atoms with Gasteiger partial charge < -0.3 is 10.1 Å². The molecule has 5 nitrogen and oxygen atoms in total. The van der Waals surface area contributed by atoms with Crippen molar-refractivity contribution < 1.29 is 4.74 Å². The molecule has 1 spiro atoms. The standard InChI is InChI=1S/C12H16N4OS/c1-8-7-16-11(13-8)18-10(15-16)14-9-6-12(9)2-4-17-5-3-12/h7,9H,2-6H2,1H3,(H,14,15). The Morgan fingerprint density at radius 3 is 3.11 bits per heavy atom. The monoisotopic (exact) mass is 264 g/mol. The average molecular weight is 264 g/mol. The van der Waals surface area contributed by atoms with E-state index in [0.717, 1.165) is 29.0 Å². The molecule has 1 saturated carbocycles. The smallest absolute Gasteiger partial charge is 0.214 e. The SMILES string of the molecule is Cc1cn2nc(NC3CC34CCOCC4)sc2n1. The average Bonchev–Trinajstić information content (AvgIpc) is 2.67. The van der Waals surface area contributed by atoms with Crippen LogP contribution in [0.4, 0.5) is 5.13 Å². The number of hydrogen-bond donors (Lipinski definition) is 1. The van der Waals surface area contributed by atoms with E-state index in [1.807, 2.05) is 17.6 Å². The van der Waals surface area contributed by atoms with E-state index < -0.39 is 0 Å². The largest absolute Gasteiger partial charge is 0.381 e. The highest BCUT2D eigenvalue weighted by atomic mass is 32.1. The number of imidazole rings is 1. The Kier molecular flexibility index (Phi) is 2.20. The summed E-state index contributed by atoms with van der Waals surface area (Å²) in [6, 6.07) is 0.582. The zero-order valence-corrected chi connectivity index (χ0v) is 11.2.